The van der Waals surface area contributed by atoms with Crippen molar-refractivity contribution in [3.63, 3.8) is 0 Å². The molecule has 2 aliphatic heterocycles. The number of aliphatic imine (C=N–C) groups is 1. The Hall–Kier alpha value is -8.77. The summed E-state index contributed by atoms with van der Waals surface area (Å²) in [5.74, 6) is 6.75. The van der Waals surface area contributed by atoms with Crippen molar-refractivity contribution in [2.24, 2.45) is 10.8 Å². The highest BCUT2D eigenvalue weighted by Gasteiger charge is 2.36. The molecule has 0 amide bonds. The van der Waals surface area contributed by atoms with Crippen molar-refractivity contribution in [2.45, 2.75) is 57.9 Å². The fourth-order valence-electron chi connectivity index (χ4n) is 11.4. The number of hydrogen-bond acceptors (Lipinski definition) is 4. The Bertz CT molecular complexity index is 3610. The molecule has 0 radical (unpaired) electrons. The van der Waals surface area contributed by atoms with Crippen LogP contribution in [0.1, 0.15) is 85.9 Å². The molecule has 5 aliphatic rings. The molecule has 0 aromatic heterocycles. The van der Waals surface area contributed by atoms with E-state index >= 15 is 0 Å². The lowest BCUT2D eigenvalue weighted by Crippen LogP contribution is -2.32. The molecule has 1 atom stereocenters. The number of allylic oxidation sites excluding steroid dienone is 17. The maximum Gasteiger partial charge on any atom is 0.143 e. The summed E-state index contributed by atoms with van der Waals surface area (Å²) in [4.78, 5) is 10.2. The van der Waals surface area contributed by atoms with Crippen molar-refractivity contribution < 1.29 is 0 Å². The van der Waals surface area contributed by atoms with Crippen LogP contribution in [0.4, 0.5) is 22.7 Å². The van der Waals surface area contributed by atoms with Gasteiger partial charge in [-0.05, 0) is 166 Å². The lowest BCUT2D eigenvalue weighted by molar-refractivity contribution is 0.660. The number of fused-ring (bicyclic) bond motifs is 5. The van der Waals surface area contributed by atoms with Crippen molar-refractivity contribution in [3.8, 4) is 22.3 Å². The lowest BCUT2D eigenvalue weighted by Gasteiger charge is -2.33. The van der Waals surface area contributed by atoms with Gasteiger partial charge in [0.15, 0.2) is 0 Å². The number of nitrogens with two attached hydrogens (primary N) is 1. The van der Waals surface area contributed by atoms with E-state index in [0.29, 0.717) is 5.84 Å². The molecule has 0 saturated heterocycles. The number of hydrazine groups is 1. The lowest BCUT2D eigenvalue weighted by atomic mass is 9.82. The van der Waals surface area contributed by atoms with Crippen LogP contribution in [-0.2, 0) is 5.41 Å². The highest BCUT2D eigenvalue weighted by molar-refractivity contribution is 6.01. The van der Waals surface area contributed by atoms with Gasteiger partial charge in [-0.25, -0.2) is 5.84 Å². The quantitative estimate of drug-likeness (QED) is 0.0422. The summed E-state index contributed by atoms with van der Waals surface area (Å²) in [6, 6.07) is 48.7. The van der Waals surface area contributed by atoms with Gasteiger partial charge >= 0.3 is 0 Å². The summed E-state index contributed by atoms with van der Waals surface area (Å²) in [7, 11) is 0. The molecule has 3 N–H and O–H groups in total. The van der Waals surface area contributed by atoms with Crippen molar-refractivity contribution in [1.82, 2.24) is 5.43 Å². The predicted molar refractivity (Wildman–Crippen MR) is 319 cm³/mol. The van der Waals surface area contributed by atoms with Crippen molar-refractivity contribution in [3.05, 3.63) is 299 Å². The third-order valence-electron chi connectivity index (χ3n) is 15.1. The molecule has 0 fully saturated rings. The first-order valence-electron chi connectivity index (χ1n) is 26.2. The first-order valence-corrected chi connectivity index (χ1v) is 26.2. The molecule has 0 saturated carbocycles. The Kier molecular flexibility index (Phi) is 13.6. The van der Waals surface area contributed by atoms with E-state index in [1.54, 1.807) is 6.08 Å². The average Bonchev–Trinajstić information content (AvgIpc) is 3.57. The van der Waals surface area contributed by atoms with Gasteiger partial charge in [-0.1, -0.05) is 197 Å². The molecular weight excluding hydrogens is 911 g/mol. The first kappa shape index (κ1) is 48.5. The maximum atomic E-state index is 6.19. The van der Waals surface area contributed by atoms with Crippen LogP contribution in [0.2, 0.25) is 0 Å². The van der Waals surface area contributed by atoms with Crippen molar-refractivity contribution >= 4 is 40.7 Å². The minimum atomic E-state index is -0.345. The fourth-order valence-corrected chi connectivity index (χ4v) is 11.4. The molecule has 6 aromatic rings. The second-order valence-electron chi connectivity index (χ2n) is 20.1. The topological polar surface area (TPSA) is 56.9 Å². The van der Waals surface area contributed by atoms with Crippen molar-refractivity contribution in [1.29, 1.82) is 0 Å². The molecule has 2 heterocycles. The van der Waals surface area contributed by atoms with Crippen LogP contribution in [0, 0.1) is 0 Å². The van der Waals surface area contributed by atoms with E-state index in [-0.39, 0.29) is 11.5 Å². The van der Waals surface area contributed by atoms with Gasteiger partial charge in [0, 0.05) is 33.8 Å². The summed E-state index contributed by atoms with van der Waals surface area (Å²) < 4.78 is 0. The molecule has 3 aliphatic carbocycles. The van der Waals surface area contributed by atoms with Crippen LogP contribution in [-0.4, -0.2) is 5.84 Å². The van der Waals surface area contributed by atoms with E-state index in [1.807, 2.05) is 37.3 Å². The molecule has 6 aromatic carbocycles. The van der Waals surface area contributed by atoms with Gasteiger partial charge in [0.25, 0.3) is 0 Å². The number of benzene rings is 6. The standard InChI is InChI=1S/C70H63N5/c1-6-9-22-48(8-3)69(73-71)72-68(51-26-14-11-15-27-51)57-28-20-29-58(46-57)75-65-32-19-16-25-50(65)33-34-55-43-54(37-42-67(55)75)53-36-41-66-56(44-53)35-38-59(45-52(21-7-2)49-23-12-10-13-24-49)74(66)60-39-40-62-61-30-17-18-31-63(61)70(4,5)64(62)47-60/h6-9,11-12,14-18,20-31,33-47,68H,2-3,10,13,19,32,71H2,1,4-5H3,(H,72,73)/b9-6-,48-22+,52-21+,59-45-. The van der Waals surface area contributed by atoms with E-state index in [0.717, 1.165) is 98.7 Å². The van der Waals surface area contributed by atoms with E-state index in [1.165, 1.54) is 39.1 Å². The van der Waals surface area contributed by atoms with Gasteiger partial charge in [0.05, 0.1) is 11.4 Å². The number of nitrogens with zero attached hydrogens (tertiary/aromatic N) is 3. The first-order chi connectivity index (χ1) is 36.8. The van der Waals surface area contributed by atoms with Gasteiger partial charge in [-0.2, -0.15) is 0 Å². The summed E-state index contributed by atoms with van der Waals surface area (Å²) in [6.07, 6.45) is 38.6. The minimum absolute atomic E-state index is 0.135. The normalized spacial score (nSPS) is 17.5. The van der Waals surface area contributed by atoms with Crippen molar-refractivity contribution in [2.75, 3.05) is 9.80 Å². The SMILES string of the molecule is C=C/C=C(\C=C1\C=Cc2cc(-c3ccc4c(c3)C=CC3=C(CCC=C3)N4c3cccc(C(N=C(NN)/C(C=C)=C/C=C\C)c4ccccc4)c3)ccc2N1c1ccc2c(c1)C(C)(C)c1ccccc1-2)C1=CCCC=C1. The zero-order valence-corrected chi connectivity index (χ0v) is 43.2. The predicted octanol–water partition coefficient (Wildman–Crippen LogP) is 17.5. The molecule has 368 valence electrons. The van der Waals surface area contributed by atoms with Gasteiger partial charge < -0.3 is 15.2 Å². The molecule has 1 unspecified atom stereocenters. The second-order valence-corrected chi connectivity index (χ2v) is 20.1. The second kappa shape index (κ2) is 21.0. The van der Waals surface area contributed by atoms with E-state index in [4.69, 9.17) is 10.8 Å². The van der Waals surface area contributed by atoms with Crippen LogP contribution in [0.15, 0.2) is 270 Å². The fraction of sp³-hybridized carbons (Fsp3) is 0.129. The minimum Gasteiger partial charge on any atom is -0.313 e. The number of amidine groups is 1. The number of rotatable bonds is 12. The monoisotopic (exact) mass is 974 g/mol. The molecule has 5 heteroatoms. The Balaban J connectivity index is 0.992. The van der Waals surface area contributed by atoms with E-state index < -0.39 is 0 Å². The number of hydrogen-bond donors (Lipinski definition) is 2. The number of anilines is 4. The summed E-state index contributed by atoms with van der Waals surface area (Å²) in [6.45, 7) is 14.9. The van der Waals surface area contributed by atoms with Gasteiger partial charge in [-0.3, -0.25) is 4.99 Å². The van der Waals surface area contributed by atoms with Gasteiger partial charge in [0.1, 0.15) is 11.9 Å². The molecule has 0 bridgehead atoms. The smallest absolute Gasteiger partial charge is 0.143 e. The summed E-state index contributed by atoms with van der Waals surface area (Å²) in [5.41, 5.74) is 26.0. The average molecular weight is 974 g/mol. The van der Waals surface area contributed by atoms with Gasteiger partial charge in [0.2, 0.25) is 0 Å². The third kappa shape index (κ3) is 9.33. The molecule has 11 rings (SSSR count). The van der Waals surface area contributed by atoms with Gasteiger partial charge in [-0.15, -0.1) is 0 Å². The summed E-state index contributed by atoms with van der Waals surface area (Å²) >= 11 is 0. The number of nitrogens with one attached hydrogen (secondary N) is 1. The molecular formula is C70H63N5. The molecule has 5 nitrogen and oxygen atoms in total. The Morgan fingerprint density at radius 3 is 2.13 bits per heavy atom. The van der Waals surface area contributed by atoms with Crippen LogP contribution >= 0.6 is 0 Å². The van der Waals surface area contributed by atoms with Crippen LogP contribution in [0.5, 0.6) is 0 Å². The Labute approximate surface area is 443 Å². The highest BCUT2D eigenvalue weighted by Crippen LogP contribution is 2.51. The summed E-state index contributed by atoms with van der Waals surface area (Å²) in [5, 5.41) is 0. The van der Waals surface area contributed by atoms with E-state index in [9.17, 15) is 0 Å². The zero-order chi connectivity index (χ0) is 51.5. The van der Waals surface area contributed by atoms with E-state index in [2.05, 4.69) is 236 Å². The Morgan fingerprint density at radius 2 is 1.39 bits per heavy atom. The molecule has 0 spiro atoms. The highest BCUT2D eigenvalue weighted by atomic mass is 15.3. The Morgan fingerprint density at radius 1 is 0.667 bits per heavy atom. The largest absolute Gasteiger partial charge is 0.313 e. The molecule has 75 heavy (non-hydrogen) atoms. The van der Waals surface area contributed by atoms with Crippen LogP contribution in [0.25, 0.3) is 34.4 Å². The third-order valence-corrected chi connectivity index (χ3v) is 15.1. The van der Waals surface area contributed by atoms with Crippen LogP contribution in [0.3, 0.4) is 0 Å². The zero-order valence-electron chi connectivity index (χ0n) is 43.2. The van der Waals surface area contributed by atoms with Crippen LogP contribution < -0.4 is 21.1 Å². The maximum absolute atomic E-state index is 6.19.